The molecule has 1 unspecified atom stereocenters. The molecule has 1 atom stereocenters. The predicted octanol–water partition coefficient (Wildman–Crippen LogP) is 0.843. The first-order chi connectivity index (χ1) is 8.72. The third-order valence-corrected chi connectivity index (χ3v) is 4.79. The second-order valence-corrected chi connectivity index (χ2v) is 6.95. The van der Waals surface area contributed by atoms with Gasteiger partial charge in [0.25, 0.3) is 0 Å². The van der Waals surface area contributed by atoms with Crippen LogP contribution in [-0.4, -0.2) is 26.4 Å². The van der Waals surface area contributed by atoms with Crippen LogP contribution in [0.2, 0.25) is 0 Å². The first kappa shape index (κ1) is 14.1. The Bertz CT molecular complexity index is 605. The maximum Gasteiger partial charge on any atom is 0.244 e. The third kappa shape index (κ3) is 2.98. The van der Waals surface area contributed by atoms with Crippen LogP contribution in [0.25, 0.3) is 0 Å². The van der Waals surface area contributed by atoms with Crippen LogP contribution in [0.5, 0.6) is 0 Å². The molecule has 106 valence electrons. The van der Waals surface area contributed by atoms with Crippen molar-refractivity contribution in [3.05, 3.63) is 17.6 Å². The molecule has 1 aliphatic heterocycles. The number of furan rings is 1. The van der Waals surface area contributed by atoms with Crippen molar-refractivity contribution >= 4 is 15.9 Å². The van der Waals surface area contributed by atoms with Gasteiger partial charge in [0, 0.05) is 13.0 Å². The van der Waals surface area contributed by atoms with E-state index in [1.165, 1.54) is 6.07 Å². The van der Waals surface area contributed by atoms with Gasteiger partial charge in [-0.05, 0) is 33.3 Å². The fraction of sp³-hybridized carbons (Fsp3) is 0.583. The van der Waals surface area contributed by atoms with E-state index >= 15 is 0 Å². The van der Waals surface area contributed by atoms with Crippen molar-refractivity contribution in [2.75, 3.05) is 6.54 Å². The summed E-state index contributed by atoms with van der Waals surface area (Å²) in [4.78, 5) is 11.4. The molecule has 0 radical (unpaired) electrons. The van der Waals surface area contributed by atoms with Crippen LogP contribution in [0.15, 0.2) is 15.4 Å². The van der Waals surface area contributed by atoms with Crippen LogP contribution in [0.1, 0.15) is 31.3 Å². The number of nitrogens with one attached hydrogen (secondary N) is 2. The zero-order valence-electron chi connectivity index (χ0n) is 11.2. The number of carbonyl (C=O) groups is 1. The predicted molar refractivity (Wildman–Crippen MR) is 69.2 cm³/mol. The summed E-state index contributed by atoms with van der Waals surface area (Å²) in [5, 5.41) is 2.78. The number of hydrogen-bond acceptors (Lipinski definition) is 4. The SMILES string of the molecule is Cc1cc(S(=O)(=O)NCC2(C)CCC(=O)N2)c(C)o1. The Balaban J connectivity index is 2.10. The average Bonchev–Trinajstić information content (AvgIpc) is 2.81. The number of carbonyl (C=O) groups excluding carboxylic acids is 1. The molecule has 2 heterocycles. The van der Waals surface area contributed by atoms with Gasteiger partial charge in [-0.15, -0.1) is 0 Å². The molecule has 0 spiro atoms. The number of sulfonamides is 1. The summed E-state index contributed by atoms with van der Waals surface area (Å²) in [6.07, 6.45) is 1.06. The molecule has 0 saturated carbocycles. The van der Waals surface area contributed by atoms with Gasteiger partial charge in [0.1, 0.15) is 16.4 Å². The van der Waals surface area contributed by atoms with Gasteiger partial charge in [-0.1, -0.05) is 0 Å². The molecule has 2 rings (SSSR count). The van der Waals surface area contributed by atoms with Gasteiger partial charge in [0.2, 0.25) is 15.9 Å². The number of hydrogen-bond donors (Lipinski definition) is 2. The largest absolute Gasteiger partial charge is 0.465 e. The molecule has 1 fully saturated rings. The van der Waals surface area contributed by atoms with Gasteiger partial charge in [-0.25, -0.2) is 13.1 Å². The molecule has 1 aromatic rings. The fourth-order valence-corrected chi connectivity index (χ4v) is 3.60. The molecule has 1 saturated heterocycles. The Hall–Kier alpha value is -1.34. The van der Waals surface area contributed by atoms with Crippen LogP contribution >= 0.6 is 0 Å². The Morgan fingerprint density at radius 1 is 1.47 bits per heavy atom. The molecule has 1 aromatic heterocycles. The Labute approximate surface area is 112 Å². The Morgan fingerprint density at radius 2 is 2.16 bits per heavy atom. The second kappa shape index (κ2) is 4.64. The highest BCUT2D eigenvalue weighted by atomic mass is 32.2. The maximum absolute atomic E-state index is 12.2. The molecule has 6 nitrogen and oxygen atoms in total. The van der Waals surface area contributed by atoms with Crippen LogP contribution in [0.4, 0.5) is 0 Å². The molecule has 0 aliphatic carbocycles. The highest BCUT2D eigenvalue weighted by molar-refractivity contribution is 7.89. The van der Waals surface area contributed by atoms with Crippen molar-refractivity contribution in [2.45, 2.75) is 44.0 Å². The van der Waals surface area contributed by atoms with E-state index in [1.807, 2.05) is 6.92 Å². The van der Waals surface area contributed by atoms with Gasteiger partial charge in [0.15, 0.2) is 0 Å². The normalized spacial score (nSPS) is 23.6. The van der Waals surface area contributed by atoms with Crippen molar-refractivity contribution in [1.82, 2.24) is 10.0 Å². The lowest BCUT2D eigenvalue weighted by Crippen LogP contribution is -2.48. The molecular formula is C12H18N2O4S. The van der Waals surface area contributed by atoms with Crippen molar-refractivity contribution in [1.29, 1.82) is 0 Å². The van der Waals surface area contributed by atoms with Crippen LogP contribution < -0.4 is 10.0 Å². The Kier molecular flexibility index (Phi) is 3.44. The highest BCUT2D eigenvalue weighted by Crippen LogP contribution is 2.22. The smallest absolute Gasteiger partial charge is 0.244 e. The van der Waals surface area contributed by atoms with Crippen LogP contribution in [0, 0.1) is 13.8 Å². The molecule has 0 bridgehead atoms. The topological polar surface area (TPSA) is 88.4 Å². The average molecular weight is 286 g/mol. The maximum atomic E-state index is 12.2. The number of rotatable bonds is 4. The summed E-state index contributed by atoms with van der Waals surface area (Å²) < 4.78 is 32.1. The second-order valence-electron chi connectivity index (χ2n) is 5.21. The van der Waals surface area contributed by atoms with Gasteiger partial charge in [-0.2, -0.15) is 0 Å². The first-order valence-corrected chi connectivity index (χ1v) is 7.58. The van der Waals surface area contributed by atoms with E-state index in [2.05, 4.69) is 10.0 Å². The van der Waals surface area contributed by atoms with E-state index < -0.39 is 15.6 Å². The number of aryl methyl sites for hydroxylation is 2. The van der Waals surface area contributed by atoms with Crippen molar-refractivity contribution in [3.8, 4) is 0 Å². The van der Waals surface area contributed by atoms with E-state index in [0.717, 1.165) is 0 Å². The summed E-state index contributed by atoms with van der Waals surface area (Å²) in [7, 11) is -3.61. The quantitative estimate of drug-likeness (QED) is 0.858. The fourth-order valence-electron chi connectivity index (χ4n) is 2.19. The zero-order chi connectivity index (χ0) is 14.3. The highest BCUT2D eigenvalue weighted by Gasteiger charge is 2.34. The van der Waals surface area contributed by atoms with Crippen LogP contribution in [-0.2, 0) is 14.8 Å². The van der Waals surface area contributed by atoms with E-state index in [1.54, 1.807) is 13.8 Å². The lowest BCUT2D eigenvalue weighted by atomic mass is 10.0. The van der Waals surface area contributed by atoms with Crippen molar-refractivity contribution in [3.63, 3.8) is 0 Å². The third-order valence-electron chi connectivity index (χ3n) is 3.28. The minimum Gasteiger partial charge on any atom is -0.465 e. The zero-order valence-corrected chi connectivity index (χ0v) is 12.1. The lowest BCUT2D eigenvalue weighted by Gasteiger charge is -2.23. The lowest BCUT2D eigenvalue weighted by molar-refractivity contribution is -0.119. The first-order valence-electron chi connectivity index (χ1n) is 6.10. The summed E-state index contributed by atoms with van der Waals surface area (Å²) >= 11 is 0. The van der Waals surface area contributed by atoms with Gasteiger partial charge < -0.3 is 9.73 Å². The monoisotopic (exact) mass is 286 g/mol. The number of amides is 1. The van der Waals surface area contributed by atoms with E-state index in [-0.39, 0.29) is 17.3 Å². The molecule has 1 amide bonds. The van der Waals surface area contributed by atoms with E-state index in [9.17, 15) is 13.2 Å². The summed E-state index contributed by atoms with van der Waals surface area (Å²) in [5.74, 6) is 0.876. The minimum atomic E-state index is -3.61. The summed E-state index contributed by atoms with van der Waals surface area (Å²) in [6.45, 7) is 5.31. The van der Waals surface area contributed by atoms with E-state index in [4.69, 9.17) is 4.42 Å². The van der Waals surface area contributed by atoms with E-state index in [0.29, 0.717) is 24.4 Å². The van der Waals surface area contributed by atoms with Gasteiger partial charge in [0.05, 0.1) is 5.54 Å². The Morgan fingerprint density at radius 3 is 2.63 bits per heavy atom. The molecule has 19 heavy (non-hydrogen) atoms. The van der Waals surface area contributed by atoms with Crippen molar-refractivity contribution < 1.29 is 17.6 Å². The summed E-state index contributed by atoms with van der Waals surface area (Å²) in [6, 6.07) is 1.49. The minimum absolute atomic E-state index is 0.0444. The molecule has 7 heteroatoms. The summed E-state index contributed by atoms with van der Waals surface area (Å²) in [5.41, 5.74) is -0.517. The van der Waals surface area contributed by atoms with Crippen molar-refractivity contribution in [2.24, 2.45) is 0 Å². The molecule has 1 aliphatic rings. The van der Waals surface area contributed by atoms with Gasteiger partial charge in [-0.3, -0.25) is 4.79 Å². The standard InChI is InChI=1S/C12H18N2O4S/c1-8-6-10(9(2)18-8)19(16,17)13-7-12(3)5-4-11(15)14-12/h6,13H,4-5,7H2,1-3H3,(H,14,15). The van der Waals surface area contributed by atoms with Crippen LogP contribution in [0.3, 0.4) is 0 Å². The molecule has 2 N–H and O–H groups in total. The molecule has 0 aromatic carbocycles. The van der Waals surface area contributed by atoms with Gasteiger partial charge >= 0.3 is 0 Å². The molecular weight excluding hydrogens is 268 g/mol.